The van der Waals surface area contributed by atoms with Crippen LogP contribution in [0.1, 0.15) is 5.56 Å². The van der Waals surface area contributed by atoms with Crippen LogP contribution in [0.2, 0.25) is 10.0 Å². The summed E-state index contributed by atoms with van der Waals surface area (Å²) in [6.45, 7) is 0. The van der Waals surface area contributed by atoms with E-state index in [0.717, 1.165) is 11.3 Å². The molecule has 0 fully saturated rings. The van der Waals surface area contributed by atoms with Gasteiger partial charge in [0.2, 0.25) is 0 Å². The third-order valence-corrected chi connectivity index (χ3v) is 6.35. The van der Waals surface area contributed by atoms with Crippen LogP contribution in [-0.4, -0.2) is 0 Å². The van der Waals surface area contributed by atoms with Gasteiger partial charge in [-0.05, 0) is 29.3 Å². The van der Waals surface area contributed by atoms with Crippen LogP contribution in [0.4, 0.5) is 13.2 Å². The fourth-order valence-corrected chi connectivity index (χ4v) is 4.92. The van der Waals surface area contributed by atoms with E-state index in [1.807, 2.05) is 0 Å². The lowest BCUT2D eigenvalue weighted by Crippen LogP contribution is -2.07. The van der Waals surface area contributed by atoms with E-state index in [1.54, 1.807) is 78.9 Å². The summed E-state index contributed by atoms with van der Waals surface area (Å²) in [6, 6.07) is 22.0. The van der Waals surface area contributed by atoms with Crippen molar-refractivity contribution < 1.29 is 13.2 Å². The Labute approximate surface area is 180 Å². The van der Waals surface area contributed by atoms with E-state index in [2.05, 4.69) is 0 Å². The zero-order chi connectivity index (χ0) is 20.6. The predicted octanol–water partition coefficient (Wildman–Crippen LogP) is 9.07. The largest absolute Gasteiger partial charge is 0.418 e. The summed E-state index contributed by atoms with van der Waals surface area (Å²) in [7, 11) is 0. The molecule has 0 amide bonds. The average molecular weight is 449 g/mol. The SMILES string of the molecule is FC(F)(F)c1c(-c2ccccc2)sc(-c2ccc(Cl)cc2)c1-c1ccccc1Cl. The van der Waals surface area contributed by atoms with Gasteiger partial charge in [-0.1, -0.05) is 83.9 Å². The Bertz CT molecular complexity index is 1150. The van der Waals surface area contributed by atoms with Gasteiger partial charge in [-0.15, -0.1) is 11.3 Å². The number of thiophene rings is 1. The molecule has 4 aromatic rings. The van der Waals surface area contributed by atoms with E-state index in [1.165, 1.54) is 0 Å². The van der Waals surface area contributed by atoms with Crippen LogP contribution < -0.4 is 0 Å². The summed E-state index contributed by atoms with van der Waals surface area (Å²) in [5.74, 6) is 0. The lowest BCUT2D eigenvalue weighted by Gasteiger charge is -2.14. The zero-order valence-corrected chi connectivity index (χ0v) is 17.1. The number of halogens is 5. The van der Waals surface area contributed by atoms with Gasteiger partial charge in [0, 0.05) is 30.9 Å². The molecule has 3 aromatic carbocycles. The first kappa shape index (κ1) is 20.0. The van der Waals surface area contributed by atoms with Crippen LogP contribution in [-0.2, 0) is 6.18 Å². The molecule has 146 valence electrons. The molecule has 4 rings (SSSR count). The normalized spacial score (nSPS) is 11.6. The van der Waals surface area contributed by atoms with Crippen molar-refractivity contribution in [2.24, 2.45) is 0 Å². The Morgan fingerprint density at radius 3 is 1.86 bits per heavy atom. The Balaban J connectivity index is 2.11. The second kappa shape index (κ2) is 7.86. The Kier molecular flexibility index (Phi) is 5.43. The number of hydrogen-bond donors (Lipinski definition) is 0. The second-order valence-corrected chi connectivity index (χ2v) is 8.23. The summed E-state index contributed by atoms with van der Waals surface area (Å²) < 4.78 is 43.0. The molecule has 1 heterocycles. The number of hydrogen-bond acceptors (Lipinski definition) is 1. The highest BCUT2D eigenvalue weighted by atomic mass is 35.5. The standard InChI is InChI=1S/C23H13Cl2F3S/c24-16-12-10-15(11-13-16)21-19(17-8-4-5-9-18(17)25)20(23(26,27)28)22(29-21)14-6-2-1-3-7-14/h1-13H. The van der Waals surface area contributed by atoms with E-state index < -0.39 is 11.7 Å². The van der Waals surface area contributed by atoms with Gasteiger partial charge in [0.25, 0.3) is 0 Å². The molecular formula is C23H13Cl2F3S. The highest BCUT2D eigenvalue weighted by molar-refractivity contribution is 7.19. The zero-order valence-electron chi connectivity index (χ0n) is 14.8. The molecule has 0 aliphatic heterocycles. The molecule has 0 spiro atoms. The van der Waals surface area contributed by atoms with Crippen molar-refractivity contribution in [3.63, 3.8) is 0 Å². The lowest BCUT2D eigenvalue weighted by atomic mass is 9.95. The molecule has 0 nitrogen and oxygen atoms in total. The van der Waals surface area contributed by atoms with Crippen LogP contribution >= 0.6 is 34.5 Å². The monoisotopic (exact) mass is 448 g/mol. The molecular weight excluding hydrogens is 436 g/mol. The first-order valence-corrected chi connectivity index (χ1v) is 10.2. The smallest absolute Gasteiger partial charge is 0.166 e. The van der Waals surface area contributed by atoms with Crippen LogP contribution in [0.3, 0.4) is 0 Å². The highest BCUT2D eigenvalue weighted by Gasteiger charge is 2.40. The van der Waals surface area contributed by atoms with Gasteiger partial charge in [-0.2, -0.15) is 13.2 Å². The van der Waals surface area contributed by atoms with Crippen molar-refractivity contribution in [2.75, 3.05) is 0 Å². The van der Waals surface area contributed by atoms with Gasteiger partial charge in [-0.25, -0.2) is 0 Å². The van der Waals surface area contributed by atoms with Crippen LogP contribution in [0, 0.1) is 0 Å². The van der Waals surface area contributed by atoms with Crippen molar-refractivity contribution in [1.82, 2.24) is 0 Å². The van der Waals surface area contributed by atoms with Gasteiger partial charge in [-0.3, -0.25) is 0 Å². The minimum atomic E-state index is -4.55. The van der Waals surface area contributed by atoms with Crippen LogP contribution in [0.25, 0.3) is 32.0 Å². The predicted molar refractivity (Wildman–Crippen MR) is 116 cm³/mol. The first-order chi connectivity index (χ1) is 13.9. The highest BCUT2D eigenvalue weighted by Crippen LogP contribution is 2.54. The van der Waals surface area contributed by atoms with Crippen molar-refractivity contribution in [2.45, 2.75) is 6.18 Å². The molecule has 0 radical (unpaired) electrons. The number of benzene rings is 3. The average Bonchev–Trinajstić information content (AvgIpc) is 3.10. The number of rotatable bonds is 3. The maximum Gasteiger partial charge on any atom is 0.418 e. The van der Waals surface area contributed by atoms with Crippen molar-refractivity contribution in [3.8, 4) is 32.0 Å². The maximum absolute atomic E-state index is 14.3. The molecule has 0 saturated carbocycles. The third-order valence-electron chi connectivity index (χ3n) is 4.48. The van der Waals surface area contributed by atoms with Crippen molar-refractivity contribution in [1.29, 1.82) is 0 Å². The van der Waals surface area contributed by atoms with Crippen molar-refractivity contribution in [3.05, 3.63) is 94.5 Å². The Hall–Kier alpha value is -2.27. The van der Waals surface area contributed by atoms with Crippen LogP contribution in [0.5, 0.6) is 0 Å². The summed E-state index contributed by atoms with van der Waals surface area (Å²) in [6.07, 6.45) is -4.55. The van der Waals surface area contributed by atoms with Crippen LogP contribution in [0.15, 0.2) is 78.9 Å². The Morgan fingerprint density at radius 2 is 1.24 bits per heavy atom. The fraction of sp³-hybridized carbons (Fsp3) is 0.0435. The second-order valence-electron chi connectivity index (χ2n) is 6.36. The molecule has 0 aliphatic rings. The summed E-state index contributed by atoms with van der Waals surface area (Å²) >= 11 is 13.4. The number of alkyl halides is 3. The van der Waals surface area contributed by atoms with E-state index >= 15 is 0 Å². The summed E-state index contributed by atoms with van der Waals surface area (Å²) in [5, 5.41) is 0.787. The van der Waals surface area contributed by atoms with E-state index in [9.17, 15) is 13.2 Å². The molecule has 29 heavy (non-hydrogen) atoms. The lowest BCUT2D eigenvalue weighted by molar-refractivity contribution is -0.136. The maximum atomic E-state index is 14.3. The molecule has 1 aromatic heterocycles. The molecule has 0 saturated heterocycles. The first-order valence-electron chi connectivity index (χ1n) is 8.66. The minimum Gasteiger partial charge on any atom is -0.166 e. The van der Waals surface area contributed by atoms with E-state index in [0.29, 0.717) is 26.6 Å². The molecule has 0 atom stereocenters. The van der Waals surface area contributed by atoms with Crippen molar-refractivity contribution >= 4 is 34.5 Å². The van der Waals surface area contributed by atoms with Gasteiger partial charge < -0.3 is 0 Å². The topological polar surface area (TPSA) is 0 Å². The van der Waals surface area contributed by atoms with Gasteiger partial charge >= 0.3 is 6.18 Å². The van der Waals surface area contributed by atoms with E-state index in [-0.39, 0.29) is 15.5 Å². The van der Waals surface area contributed by atoms with E-state index in [4.69, 9.17) is 23.2 Å². The minimum absolute atomic E-state index is 0.0919. The molecule has 0 bridgehead atoms. The fourth-order valence-electron chi connectivity index (χ4n) is 3.22. The molecule has 0 aliphatic carbocycles. The summed E-state index contributed by atoms with van der Waals surface area (Å²) in [5.41, 5.74) is 0.936. The van der Waals surface area contributed by atoms with Gasteiger partial charge in [0.1, 0.15) is 0 Å². The molecule has 6 heteroatoms. The van der Waals surface area contributed by atoms with Gasteiger partial charge in [0.05, 0.1) is 5.56 Å². The Morgan fingerprint density at radius 1 is 0.655 bits per heavy atom. The quantitative estimate of drug-likeness (QED) is 0.293. The summed E-state index contributed by atoms with van der Waals surface area (Å²) in [4.78, 5) is 0.666. The molecule has 0 N–H and O–H groups in total. The third kappa shape index (κ3) is 3.93. The molecule has 0 unspecified atom stereocenters. The van der Waals surface area contributed by atoms with Gasteiger partial charge in [0.15, 0.2) is 0 Å².